The Kier molecular flexibility index (Phi) is 1.68. The van der Waals surface area contributed by atoms with Crippen LogP contribution in [0.4, 0.5) is 0 Å². The average molecular weight is 152 g/mol. The average Bonchev–Trinajstić information content (AvgIpc) is 1.94. The molecule has 4 heteroatoms. The summed E-state index contributed by atoms with van der Waals surface area (Å²) in [4.78, 5) is 0. The Hall–Kier alpha value is -1.71. The van der Waals surface area contributed by atoms with E-state index >= 15 is 0 Å². The highest BCUT2D eigenvalue weighted by molar-refractivity contribution is 5.97. The van der Waals surface area contributed by atoms with Crippen molar-refractivity contribution in [2.24, 2.45) is 5.73 Å². The Morgan fingerprint density at radius 2 is 2.00 bits per heavy atom. The van der Waals surface area contributed by atoms with Crippen molar-refractivity contribution < 1.29 is 10.2 Å². The zero-order valence-electron chi connectivity index (χ0n) is 5.70. The van der Waals surface area contributed by atoms with E-state index in [1.54, 1.807) is 0 Å². The molecule has 0 radical (unpaired) electrons. The van der Waals surface area contributed by atoms with Gasteiger partial charge in [0.2, 0.25) is 0 Å². The maximum atomic E-state index is 9.07. The molecule has 0 bridgehead atoms. The maximum Gasteiger partial charge on any atom is 0.126 e. The monoisotopic (exact) mass is 152 g/mol. The zero-order chi connectivity index (χ0) is 8.43. The number of aromatic hydroxyl groups is 2. The number of phenols is 2. The third-order valence-corrected chi connectivity index (χ3v) is 1.27. The molecule has 0 aliphatic carbocycles. The number of benzene rings is 1. The van der Waals surface area contributed by atoms with Gasteiger partial charge in [0.15, 0.2) is 0 Å². The van der Waals surface area contributed by atoms with Crippen LogP contribution in [0.5, 0.6) is 11.5 Å². The first-order valence-electron chi connectivity index (χ1n) is 2.97. The topological polar surface area (TPSA) is 90.3 Å². The van der Waals surface area contributed by atoms with Gasteiger partial charge in [0.05, 0.1) is 5.56 Å². The summed E-state index contributed by atoms with van der Waals surface area (Å²) in [5.74, 6) is -0.387. The van der Waals surface area contributed by atoms with Crippen molar-refractivity contribution in [1.29, 1.82) is 5.41 Å². The van der Waals surface area contributed by atoms with E-state index in [2.05, 4.69) is 0 Å². The molecule has 0 saturated carbocycles. The van der Waals surface area contributed by atoms with Gasteiger partial charge in [-0.15, -0.1) is 0 Å². The summed E-state index contributed by atoms with van der Waals surface area (Å²) in [5.41, 5.74) is 5.24. The highest BCUT2D eigenvalue weighted by Gasteiger charge is 2.03. The molecule has 11 heavy (non-hydrogen) atoms. The van der Waals surface area contributed by atoms with E-state index < -0.39 is 0 Å². The van der Waals surface area contributed by atoms with Crippen LogP contribution in [0.2, 0.25) is 0 Å². The summed E-state index contributed by atoms with van der Waals surface area (Å²) in [5, 5.41) is 25.0. The second kappa shape index (κ2) is 2.49. The van der Waals surface area contributed by atoms with Crippen LogP contribution in [0, 0.1) is 5.41 Å². The molecule has 1 aromatic rings. The van der Waals surface area contributed by atoms with Crippen LogP contribution in [0.25, 0.3) is 0 Å². The smallest absolute Gasteiger partial charge is 0.126 e. The van der Waals surface area contributed by atoms with E-state index in [1.165, 1.54) is 18.2 Å². The number of nitrogens with two attached hydrogens (primary N) is 1. The largest absolute Gasteiger partial charge is 0.508 e. The normalized spacial score (nSPS) is 9.45. The fourth-order valence-electron chi connectivity index (χ4n) is 0.740. The standard InChI is InChI=1S/C7H8N2O2/c8-7(9)5-3-4(10)1-2-6(5)11/h1-3,10-11H,(H3,8,9). The quantitative estimate of drug-likeness (QED) is 0.266. The summed E-state index contributed by atoms with van der Waals surface area (Å²) in [6.07, 6.45) is 0. The maximum absolute atomic E-state index is 9.07. The van der Waals surface area contributed by atoms with Gasteiger partial charge in [-0.25, -0.2) is 0 Å². The lowest BCUT2D eigenvalue weighted by Gasteiger charge is -2.01. The van der Waals surface area contributed by atoms with Crippen LogP contribution < -0.4 is 5.73 Å². The molecule has 1 rings (SSSR count). The third kappa shape index (κ3) is 1.40. The predicted octanol–water partition coefficient (Wildman–Crippen LogP) is 0.382. The van der Waals surface area contributed by atoms with Crippen molar-refractivity contribution in [2.45, 2.75) is 0 Å². The molecule has 4 nitrogen and oxygen atoms in total. The number of rotatable bonds is 1. The van der Waals surface area contributed by atoms with Gasteiger partial charge in [-0.05, 0) is 18.2 Å². The fraction of sp³-hybridized carbons (Fsp3) is 0. The molecule has 0 aliphatic rings. The van der Waals surface area contributed by atoms with E-state index in [9.17, 15) is 0 Å². The Morgan fingerprint density at radius 1 is 1.36 bits per heavy atom. The van der Waals surface area contributed by atoms with Crippen molar-refractivity contribution in [3.05, 3.63) is 23.8 Å². The van der Waals surface area contributed by atoms with Crippen LogP contribution in [0.15, 0.2) is 18.2 Å². The molecule has 0 fully saturated rings. The molecule has 0 saturated heterocycles. The Labute approximate surface area is 63.4 Å². The number of hydrogen-bond acceptors (Lipinski definition) is 3. The molecule has 0 unspecified atom stereocenters. The van der Waals surface area contributed by atoms with Gasteiger partial charge in [-0.3, -0.25) is 5.41 Å². The summed E-state index contributed by atoms with van der Waals surface area (Å²) >= 11 is 0. The molecule has 1 aromatic carbocycles. The van der Waals surface area contributed by atoms with Gasteiger partial charge in [-0.1, -0.05) is 0 Å². The first kappa shape index (κ1) is 7.40. The molecule has 0 heterocycles. The molecule has 0 aromatic heterocycles. The summed E-state index contributed by atoms with van der Waals surface area (Å²) < 4.78 is 0. The van der Waals surface area contributed by atoms with Gasteiger partial charge in [0.25, 0.3) is 0 Å². The number of amidine groups is 1. The Bertz CT molecular complexity index is 296. The predicted molar refractivity (Wildman–Crippen MR) is 40.8 cm³/mol. The summed E-state index contributed by atoms with van der Waals surface area (Å²) in [6, 6.07) is 3.84. The van der Waals surface area contributed by atoms with E-state index in [1.807, 2.05) is 0 Å². The van der Waals surface area contributed by atoms with Gasteiger partial charge in [0, 0.05) is 0 Å². The first-order valence-corrected chi connectivity index (χ1v) is 2.97. The fourth-order valence-corrected chi connectivity index (χ4v) is 0.740. The van der Waals surface area contributed by atoms with Crippen molar-refractivity contribution in [2.75, 3.05) is 0 Å². The molecular formula is C7H8N2O2. The Balaban J connectivity index is 3.23. The lowest BCUT2D eigenvalue weighted by Crippen LogP contribution is -2.10. The van der Waals surface area contributed by atoms with E-state index in [0.717, 1.165) is 0 Å². The number of hydrogen-bond donors (Lipinski definition) is 4. The number of phenolic OH excluding ortho intramolecular Hbond substituents is 2. The van der Waals surface area contributed by atoms with Crippen LogP contribution in [-0.2, 0) is 0 Å². The number of nitrogen functional groups attached to an aromatic ring is 1. The molecule has 58 valence electrons. The second-order valence-electron chi connectivity index (χ2n) is 2.12. The van der Waals surface area contributed by atoms with Crippen molar-refractivity contribution in [3.8, 4) is 11.5 Å². The summed E-state index contributed by atoms with van der Waals surface area (Å²) in [6.45, 7) is 0. The molecule has 0 amide bonds. The minimum absolute atomic E-state index is 0.0204. The van der Waals surface area contributed by atoms with Gasteiger partial charge >= 0.3 is 0 Å². The van der Waals surface area contributed by atoms with Gasteiger partial charge < -0.3 is 15.9 Å². The minimum atomic E-state index is -0.265. The van der Waals surface area contributed by atoms with E-state index in [0.29, 0.717) is 0 Å². The van der Waals surface area contributed by atoms with Crippen LogP contribution in [0.1, 0.15) is 5.56 Å². The highest BCUT2D eigenvalue weighted by Crippen LogP contribution is 2.20. The lowest BCUT2D eigenvalue weighted by molar-refractivity contribution is 0.459. The van der Waals surface area contributed by atoms with E-state index in [4.69, 9.17) is 21.4 Å². The Morgan fingerprint density at radius 3 is 2.45 bits per heavy atom. The van der Waals surface area contributed by atoms with Crippen LogP contribution in [-0.4, -0.2) is 16.0 Å². The van der Waals surface area contributed by atoms with E-state index in [-0.39, 0.29) is 22.9 Å². The summed E-state index contributed by atoms with van der Waals surface area (Å²) in [7, 11) is 0. The van der Waals surface area contributed by atoms with Crippen molar-refractivity contribution in [3.63, 3.8) is 0 Å². The molecular weight excluding hydrogens is 144 g/mol. The molecule has 5 N–H and O–H groups in total. The minimum Gasteiger partial charge on any atom is -0.508 e. The number of nitrogens with one attached hydrogen (secondary N) is 1. The lowest BCUT2D eigenvalue weighted by atomic mass is 10.2. The van der Waals surface area contributed by atoms with Crippen molar-refractivity contribution >= 4 is 5.84 Å². The SMILES string of the molecule is N=C(N)c1cc(O)ccc1O. The first-order chi connectivity index (χ1) is 5.11. The second-order valence-corrected chi connectivity index (χ2v) is 2.12. The van der Waals surface area contributed by atoms with Gasteiger partial charge in [-0.2, -0.15) is 0 Å². The van der Waals surface area contributed by atoms with Crippen LogP contribution >= 0.6 is 0 Å². The van der Waals surface area contributed by atoms with Gasteiger partial charge in [0.1, 0.15) is 17.3 Å². The highest BCUT2D eigenvalue weighted by atomic mass is 16.3. The molecule has 0 spiro atoms. The van der Waals surface area contributed by atoms with Crippen LogP contribution in [0.3, 0.4) is 0 Å². The molecule has 0 atom stereocenters. The molecule has 0 aliphatic heterocycles. The third-order valence-electron chi connectivity index (χ3n) is 1.27. The van der Waals surface area contributed by atoms with Crippen molar-refractivity contribution in [1.82, 2.24) is 0 Å². The zero-order valence-corrected chi connectivity index (χ0v) is 5.70.